The largest absolute Gasteiger partial charge is 0.339 e. The molecule has 0 bridgehead atoms. The van der Waals surface area contributed by atoms with Gasteiger partial charge < -0.3 is 20.0 Å². The molecule has 226 valence electrons. The second kappa shape index (κ2) is 11.8. The maximum atomic E-state index is 14.9. The van der Waals surface area contributed by atoms with Gasteiger partial charge in [-0.15, -0.1) is 0 Å². The second-order valence-corrected chi connectivity index (χ2v) is 12.8. The normalized spacial score (nSPS) is 24.9. The van der Waals surface area contributed by atoms with Crippen molar-refractivity contribution in [3.63, 3.8) is 0 Å². The number of amides is 2. The van der Waals surface area contributed by atoms with E-state index in [1.807, 2.05) is 17.0 Å². The number of piperazine rings is 1. The van der Waals surface area contributed by atoms with E-state index >= 15 is 0 Å². The smallest absolute Gasteiger partial charge is 0.272 e. The zero-order valence-electron chi connectivity index (χ0n) is 24.4. The van der Waals surface area contributed by atoms with Gasteiger partial charge in [-0.05, 0) is 87.5 Å². The molecule has 10 heteroatoms. The first-order chi connectivity index (χ1) is 20.9. The second-order valence-electron chi connectivity index (χ2n) is 12.8. The zero-order valence-corrected chi connectivity index (χ0v) is 24.4. The number of likely N-dealkylation sites (tertiary alicyclic amines) is 1. The van der Waals surface area contributed by atoms with Gasteiger partial charge in [-0.1, -0.05) is 24.3 Å². The van der Waals surface area contributed by atoms with Crippen LogP contribution in [0, 0.1) is 23.6 Å². The summed E-state index contributed by atoms with van der Waals surface area (Å²) in [5.74, 6) is 0.969. The number of hydrogen-bond donors (Lipinski definition) is 2. The molecule has 1 aliphatic carbocycles. The summed E-state index contributed by atoms with van der Waals surface area (Å²) in [7, 11) is 0. The van der Waals surface area contributed by atoms with Crippen LogP contribution in [0.4, 0.5) is 4.39 Å². The molecule has 4 fully saturated rings. The van der Waals surface area contributed by atoms with E-state index in [0.29, 0.717) is 49.7 Å². The van der Waals surface area contributed by atoms with Crippen LogP contribution < -0.4 is 10.9 Å². The van der Waals surface area contributed by atoms with E-state index in [9.17, 15) is 18.8 Å². The maximum Gasteiger partial charge on any atom is 0.272 e. The van der Waals surface area contributed by atoms with Crippen molar-refractivity contribution in [2.24, 2.45) is 17.8 Å². The van der Waals surface area contributed by atoms with Crippen molar-refractivity contribution in [3.05, 3.63) is 75.5 Å². The molecule has 3 aromatic rings. The van der Waals surface area contributed by atoms with E-state index < -0.39 is 5.82 Å². The molecule has 3 atom stereocenters. The summed E-state index contributed by atoms with van der Waals surface area (Å²) >= 11 is 0. The van der Waals surface area contributed by atoms with E-state index in [1.165, 1.54) is 18.9 Å². The number of nitrogens with one attached hydrogen (secondary N) is 2. The molecule has 43 heavy (non-hydrogen) atoms. The Hall–Kier alpha value is -3.63. The number of nitrogens with zero attached hydrogens (tertiary/aromatic N) is 4. The first-order valence-electron chi connectivity index (χ1n) is 15.7. The molecule has 1 unspecified atom stereocenters. The fourth-order valence-corrected chi connectivity index (χ4v) is 7.85. The van der Waals surface area contributed by atoms with E-state index in [1.54, 1.807) is 29.2 Å². The Balaban J connectivity index is 0.942. The van der Waals surface area contributed by atoms with Crippen LogP contribution in [-0.2, 0) is 11.2 Å². The van der Waals surface area contributed by atoms with Gasteiger partial charge in [0.05, 0.1) is 16.6 Å². The Bertz CT molecular complexity index is 1560. The fraction of sp³-hybridized carbons (Fsp3) is 0.515. The number of aromatic amines is 1. The molecule has 9 nitrogen and oxygen atoms in total. The molecule has 4 aliphatic rings. The third-order valence-electron chi connectivity index (χ3n) is 10.3. The topological polar surface area (TPSA) is 102 Å². The summed E-state index contributed by atoms with van der Waals surface area (Å²) in [6.45, 7) is 6.02. The van der Waals surface area contributed by atoms with Crippen molar-refractivity contribution in [2.75, 3.05) is 52.4 Å². The Kier molecular flexibility index (Phi) is 7.73. The molecule has 7 rings (SSSR count). The quantitative estimate of drug-likeness (QED) is 0.477. The van der Waals surface area contributed by atoms with Gasteiger partial charge in [0.2, 0.25) is 5.91 Å². The van der Waals surface area contributed by atoms with Crippen LogP contribution in [0.2, 0.25) is 0 Å². The van der Waals surface area contributed by atoms with Crippen LogP contribution in [0.15, 0.2) is 47.3 Å². The molecule has 1 aromatic heterocycles. The van der Waals surface area contributed by atoms with E-state index in [4.69, 9.17) is 0 Å². The van der Waals surface area contributed by atoms with Gasteiger partial charge in [0.15, 0.2) is 0 Å². The molecular weight excluding hydrogens is 547 g/mol. The highest BCUT2D eigenvalue weighted by atomic mass is 19.1. The van der Waals surface area contributed by atoms with Crippen LogP contribution >= 0.6 is 0 Å². The van der Waals surface area contributed by atoms with Gasteiger partial charge in [0.1, 0.15) is 5.82 Å². The van der Waals surface area contributed by atoms with Crippen LogP contribution in [0.3, 0.4) is 0 Å². The van der Waals surface area contributed by atoms with Crippen molar-refractivity contribution in [1.29, 1.82) is 0 Å². The lowest BCUT2D eigenvalue weighted by Crippen LogP contribution is -2.53. The third kappa shape index (κ3) is 5.58. The van der Waals surface area contributed by atoms with Gasteiger partial charge >= 0.3 is 0 Å². The van der Waals surface area contributed by atoms with Gasteiger partial charge in [-0.25, -0.2) is 9.49 Å². The number of hydrogen-bond acceptors (Lipinski definition) is 6. The molecule has 3 saturated heterocycles. The highest BCUT2D eigenvalue weighted by molar-refractivity contribution is 5.95. The summed E-state index contributed by atoms with van der Waals surface area (Å²) in [6.07, 6.45) is 4.73. The summed E-state index contributed by atoms with van der Waals surface area (Å²) in [4.78, 5) is 45.1. The van der Waals surface area contributed by atoms with Crippen molar-refractivity contribution in [1.82, 2.24) is 30.2 Å². The Morgan fingerprint density at radius 2 is 1.56 bits per heavy atom. The van der Waals surface area contributed by atoms with Crippen molar-refractivity contribution >= 4 is 22.6 Å². The fourth-order valence-electron chi connectivity index (χ4n) is 7.85. The number of aromatic nitrogens is 2. The van der Waals surface area contributed by atoms with E-state index in [0.717, 1.165) is 61.8 Å². The molecule has 2 N–H and O–H groups in total. The van der Waals surface area contributed by atoms with Gasteiger partial charge in [0, 0.05) is 49.9 Å². The van der Waals surface area contributed by atoms with Crippen molar-refractivity contribution in [3.8, 4) is 0 Å². The minimum Gasteiger partial charge on any atom is -0.339 e. The number of piperidine rings is 1. The van der Waals surface area contributed by atoms with Gasteiger partial charge in [-0.3, -0.25) is 14.4 Å². The predicted molar refractivity (Wildman–Crippen MR) is 161 cm³/mol. The molecule has 3 aliphatic heterocycles. The third-order valence-corrected chi connectivity index (χ3v) is 10.3. The summed E-state index contributed by atoms with van der Waals surface area (Å²) in [5.41, 5.74) is 1.14. The highest BCUT2D eigenvalue weighted by Crippen LogP contribution is 2.38. The minimum atomic E-state index is -0.569. The molecular formula is C33H39FN6O3. The maximum absolute atomic E-state index is 14.9. The Morgan fingerprint density at radius 1 is 0.884 bits per heavy atom. The molecule has 2 amide bonds. The Morgan fingerprint density at radius 3 is 2.28 bits per heavy atom. The average Bonchev–Trinajstić information content (AvgIpc) is 3.66. The number of carbonyl (C=O) groups excluding carboxylic acids is 2. The van der Waals surface area contributed by atoms with Crippen LogP contribution in [0.25, 0.3) is 10.8 Å². The molecule has 0 spiro atoms. The number of carbonyl (C=O) groups is 2. The van der Waals surface area contributed by atoms with Gasteiger partial charge in [0.25, 0.3) is 11.5 Å². The SMILES string of the molecule is O=C(c1cc(Cc2n[nH]c(=O)c3ccccc23)ccc1F)N1CCN(C(=O)C2CCN(C3C[C@H]4CNC[C@H]4C3)CC2)CC1. The standard InChI is InChI=1S/C33H39FN6O3/c34-29-6-5-21(16-30-26-3-1-2-4-27(26)31(41)37-36-30)15-28(29)33(43)40-13-11-39(12-14-40)32(42)22-7-9-38(10-8-22)25-17-23-19-35-20-24(23)18-25/h1-6,15,22-25,35H,7-14,16-20H2,(H,37,41)/t23-,24+,25?. The van der Waals surface area contributed by atoms with Crippen LogP contribution in [-0.4, -0.2) is 95.1 Å². The predicted octanol–water partition coefficient (Wildman–Crippen LogP) is 2.65. The summed E-state index contributed by atoms with van der Waals surface area (Å²) in [5, 5.41) is 11.5. The average molecular weight is 587 g/mol. The lowest BCUT2D eigenvalue weighted by atomic mass is 9.93. The molecule has 1 saturated carbocycles. The first-order valence-corrected chi connectivity index (χ1v) is 15.7. The monoisotopic (exact) mass is 586 g/mol. The van der Waals surface area contributed by atoms with E-state index in [2.05, 4.69) is 20.4 Å². The van der Waals surface area contributed by atoms with Gasteiger partial charge in [-0.2, -0.15) is 5.10 Å². The van der Waals surface area contributed by atoms with Crippen molar-refractivity contribution in [2.45, 2.75) is 38.1 Å². The molecule has 2 aromatic carbocycles. The summed E-state index contributed by atoms with van der Waals surface area (Å²) < 4.78 is 14.9. The minimum absolute atomic E-state index is 0.0187. The lowest BCUT2D eigenvalue weighted by Gasteiger charge is -2.40. The first kappa shape index (κ1) is 28.2. The number of H-pyrrole nitrogens is 1. The number of halogens is 1. The molecule has 4 heterocycles. The van der Waals surface area contributed by atoms with Crippen LogP contribution in [0.5, 0.6) is 0 Å². The zero-order chi connectivity index (χ0) is 29.5. The summed E-state index contributed by atoms with van der Waals surface area (Å²) in [6, 6.07) is 12.4. The number of benzene rings is 2. The highest BCUT2D eigenvalue weighted by Gasteiger charge is 2.41. The van der Waals surface area contributed by atoms with Crippen molar-refractivity contribution < 1.29 is 14.0 Å². The Labute approximate surface area is 250 Å². The number of rotatable bonds is 5. The van der Waals surface area contributed by atoms with Crippen LogP contribution in [0.1, 0.15) is 47.3 Å². The lowest BCUT2D eigenvalue weighted by molar-refractivity contribution is -0.138. The molecule has 0 radical (unpaired) electrons. The number of fused-ring (bicyclic) bond motifs is 2. The van der Waals surface area contributed by atoms with E-state index in [-0.39, 0.29) is 28.9 Å².